The van der Waals surface area contributed by atoms with Gasteiger partial charge in [-0.1, -0.05) is 15.9 Å². The lowest BCUT2D eigenvalue weighted by Gasteiger charge is -2.12. The Morgan fingerprint density at radius 3 is 2.79 bits per heavy atom. The van der Waals surface area contributed by atoms with Crippen molar-refractivity contribution < 1.29 is 20.4 Å². The number of carbonyl (C=O) groups is 1. The van der Waals surface area contributed by atoms with Crippen molar-refractivity contribution in [3.63, 3.8) is 0 Å². The molecule has 0 radical (unpaired) electrons. The van der Waals surface area contributed by atoms with E-state index in [0.29, 0.717) is 15.8 Å². The minimum Gasteiger partial charge on any atom is -0.544 e. The predicted molar refractivity (Wildman–Crippen MR) is 51.3 cm³/mol. The second kappa shape index (κ2) is 4.43. The summed E-state index contributed by atoms with van der Waals surface area (Å²) in [4.78, 5) is 10.6. The molecule has 1 rings (SSSR count). The molecule has 1 atom stereocenters. The highest BCUT2D eigenvalue weighted by Gasteiger charge is 2.15. The maximum absolute atomic E-state index is 10.6. The van der Waals surface area contributed by atoms with Gasteiger partial charge in [0.15, 0.2) is 6.04 Å². The average molecular weight is 260 g/mol. The minimum absolute atomic E-state index is 0.546. The highest BCUT2D eigenvalue weighted by atomic mass is 79.9. The molecule has 0 amide bonds. The third kappa shape index (κ3) is 2.24. The van der Waals surface area contributed by atoms with Gasteiger partial charge in [-0.15, -0.1) is 0 Å². The van der Waals surface area contributed by atoms with E-state index in [4.69, 9.17) is 4.74 Å². The molecular formula is C9H10BrNO3. The second-order valence-corrected chi connectivity index (χ2v) is 3.61. The summed E-state index contributed by atoms with van der Waals surface area (Å²) in [7, 11) is 1.52. The zero-order chi connectivity index (χ0) is 10.7. The van der Waals surface area contributed by atoms with Gasteiger partial charge < -0.3 is 20.4 Å². The molecule has 76 valence electrons. The average Bonchev–Trinajstić information content (AvgIpc) is 2.17. The fourth-order valence-corrected chi connectivity index (χ4v) is 1.57. The number of carbonyl (C=O) groups excluding carboxylic acids is 1. The number of methoxy groups -OCH3 is 1. The predicted octanol–water partition coefficient (Wildman–Crippen LogP) is -0.509. The van der Waals surface area contributed by atoms with Crippen LogP contribution in [0.2, 0.25) is 0 Å². The minimum atomic E-state index is -1.21. The summed E-state index contributed by atoms with van der Waals surface area (Å²) in [5.41, 5.74) is 4.04. The van der Waals surface area contributed by atoms with Crippen molar-refractivity contribution in [3.05, 3.63) is 28.2 Å². The van der Waals surface area contributed by atoms with Gasteiger partial charge >= 0.3 is 0 Å². The van der Waals surface area contributed by atoms with Crippen LogP contribution in [0.25, 0.3) is 0 Å². The number of ether oxygens (including phenoxy) is 1. The van der Waals surface area contributed by atoms with E-state index >= 15 is 0 Å². The second-order valence-electron chi connectivity index (χ2n) is 2.76. The first-order valence-corrected chi connectivity index (χ1v) is 4.73. The van der Waals surface area contributed by atoms with Crippen LogP contribution in [0, 0.1) is 0 Å². The van der Waals surface area contributed by atoms with Crippen LogP contribution in [0.3, 0.4) is 0 Å². The number of quaternary nitrogens is 1. The Hall–Kier alpha value is -1.07. The molecule has 0 saturated heterocycles. The fraction of sp³-hybridized carbons (Fsp3) is 0.222. The van der Waals surface area contributed by atoms with Gasteiger partial charge in [0.1, 0.15) is 11.7 Å². The van der Waals surface area contributed by atoms with Gasteiger partial charge in [0.05, 0.1) is 7.11 Å². The number of aliphatic carboxylic acids is 1. The van der Waals surface area contributed by atoms with Crippen molar-refractivity contribution >= 4 is 21.9 Å². The van der Waals surface area contributed by atoms with E-state index in [-0.39, 0.29) is 0 Å². The summed E-state index contributed by atoms with van der Waals surface area (Å²) < 4.78 is 5.66. The third-order valence-electron chi connectivity index (χ3n) is 1.86. The molecule has 1 aromatic carbocycles. The molecule has 0 heterocycles. The smallest absolute Gasteiger partial charge is 0.151 e. The van der Waals surface area contributed by atoms with Crippen LogP contribution in [0.15, 0.2) is 22.7 Å². The molecule has 0 spiro atoms. The van der Waals surface area contributed by atoms with Gasteiger partial charge in [-0.2, -0.15) is 0 Å². The molecule has 0 aromatic heterocycles. The van der Waals surface area contributed by atoms with Gasteiger partial charge in [-0.3, -0.25) is 0 Å². The number of carboxylic acid groups (broad SMARTS) is 1. The number of hydrogen-bond donors (Lipinski definition) is 1. The van der Waals surface area contributed by atoms with E-state index in [1.807, 2.05) is 0 Å². The van der Waals surface area contributed by atoms with E-state index < -0.39 is 12.0 Å². The quantitative estimate of drug-likeness (QED) is 0.795. The maximum Gasteiger partial charge on any atom is 0.151 e. The third-order valence-corrected chi connectivity index (χ3v) is 2.59. The van der Waals surface area contributed by atoms with Crippen LogP contribution in [-0.2, 0) is 4.79 Å². The Balaban J connectivity index is 3.11. The van der Waals surface area contributed by atoms with E-state index in [1.54, 1.807) is 18.2 Å². The van der Waals surface area contributed by atoms with E-state index in [9.17, 15) is 9.90 Å². The topological polar surface area (TPSA) is 77.0 Å². The van der Waals surface area contributed by atoms with Crippen molar-refractivity contribution in [3.8, 4) is 5.75 Å². The normalized spacial score (nSPS) is 12.2. The molecular weight excluding hydrogens is 250 g/mol. The molecule has 0 bridgehead atoms. The lowest BCUT2D eigenvalue weighted by Crippen LogP contribution is -2.61. The van der Waals surface area contributed by atoms with Crippen LogP contribution in [0.4, 0.5) is 0 Å². The maximum atomic E-state index is 10.6. The van der Waals surface area contributed by atoms with Crippen molar-refractivity contribution in [2.24, 2.45) is 0 Å². The standard InChI is InChI=1S/C9H10BrNO3/c1-14-5-2-3-7(10)6(4-5)8(11)9(12)13/h2-4,8H,11H2,1H3,(H,12,13)/t8-/m0/s1. The Morgan fingerprint density at radius 1 is 1.64 bits per heavy atom. The zero-order valence-corrected chi connectivity index (χ0v) is 9.21. The lowest BCUT2D eigenvalue weighted by atomic mass is 10.1. The fourth-order valence-electron chi connectivity index (χ4n) is 1.04. The number of hydrogen-bond acceptors (Lipinski definition) is 3. The largest absolute Gasteiger partial charge is 0.544 e. The van der Waals surface area contributed by atoms with E-state index in [0.717, 1.165) is 0 Å². The number of rotatable bonds is 3. The van der Waals surface area contributed by atoms with Crippen molar-refractivity contribution in [1.29, 1.82) is 0 Å². The van der Waals surface area contributed by atoms with Crippen LogP contribution in [0.5, 0.6) is 5.75 Å². The lowest BCUT2D eigenvalue weighted by molar-refractivity contribution is -0.443. The first-order valence-electron chi connectivity index (χ1n) is 3.93. The molecule has 3 N–H and O–H groups in total. The molecule has 1 aromatic rings. The Labute approximate surface area is 89.8 Å². The Kier molecular flexibility index (Phi) is 3.49. The highest BCUT2D eigenvalue weighted by Crippen LogP contribution is 2.25. The van der Waals surface area contributed by atoms with E-state index in [1.165, 1.54) is 7.11 Å². The first-order chi connectivity index (χ1) is 6.56. The monoisotopic (exact) mass is 259 g/mol. The first kappa shape index (κ1) is 11.0. The summed E-state index contributed by atoms with van der Waals surface area (Å²) in [6.07, 6.45) is 0. The molecule has 5 heteroatoms. The summed E-state index contributed by atoms with van der Waals surface area (Å²) in [6.45, 7) is 0. The summed E-state index contributed by atoms with van der Waals surface area (Å²) in [6, 6.07) is 4.17. The summed E-state index contributed by atoms with van der Waals surface area (Å²) >= 11 is 3.24. The van der Waals surface area contributed by atoms with Crippen molar-refractivity contribution in [1.82, 2.24) is 0 Å². The molecule has 0 fully saturated rings. The van der Waals surface area contributed by atoms with Crippen LogP contribution >= 0.6 is 15.9 Å². The molecule has 0 aliphatic heterocycles. The molecule has 14 heavy (non-hydrogen) atoms. The van der Waals surface area contributed by atoms with Gasteiger partial charge in [0.2, 0.25) is 0 Å². The van der Waals surface area contributed by atoms with Gasteiger partial charge in [-0.05, 0) is 18.2 Å². The van der Waals surface area contributed by atoms with Gasteiger partial charge in [-0.25, -0.2) is 0 Å². The van der Waals surface area contributed by atoms with Gasteiger partial charge in [0.25, 0.3) is 0 Å². The van der Waals surface area contributed by atoms with E-state index in [2.05, 4.69) is 21.7 Å². The molecule has 0 aliphatic carbocycles. The van der Waals surface area contributed by atoms with Crippen LogP contribution in [0.1, 0.15) is 11.6 Å². The van der Waals surface area contributed by atoms with Crippen molar-refractivity contribution in [2.75, 3.05) is 7.11 Å². The van der Waals surface area contributed by atoms with Crippen LogP contribution in [-0.4, -0.2) is 13.1 Å². The van der Waals surface area contributed by atoms with Crippen molar-refractivity contribution in [2.45, 2.75) is 6.04 Å². The molecule has 0 saturated carbocycles. The molecule has 4 nitrogen and oxygen atoms in total. The number of carboxylic acids is 1. The van der Waals surface area contributed by atoms with Crippen LogP contribution < -0.4 is 15.6 Å². The highest BCUT2D eigenvalue weighted by molar-refractivity contribution is 9.10. The summed E-state index contributed by atoms with van der Waals surface area (Å²) in [5, 5.41) is 10.6. The Morgan fingerprint density at radius 2 is 2.29 bits per heavy atom. The Bertz CT molecular complexity index is 354. The number of benzene rings is 1. The SMILES string of the molecule is COc1ccc(Br)c([C@H]([NH3+])C(=O)[O-])c1. The molecule has 0 unspecified atom stereocenters. The number of halogens is 1. The summed E-state index contributed by atoms with van der Waals surface area (Å²) in [5.74, 6) is -0.614. The van der Waals surface area contributed by atoms with Gasteiger partial charge in [0, 0.05) is 10.0 Å². The zero-order valence-electron chi connectivity index (χ0n) is 7.62. The molecule has 0 aliphatic rings.